The molecule has 2 N–H and O–H groups in total. The van der Waals surface area contributed by atoms with Crippen molar-refractivity contribution in [1.29, 1.82) is 0 Å². The van der Waals surface area contributed by atoms with Crippen molar-refractivity contribution >= 4 is 12.0 Å². The fourth-order valence-electron chi connectivity index (χ4n) is 3.25. The number of ether oxygens (including phenoxy) is 1. The van der Waals surface area contributed by atoms with Gasteiger partial charge in [-0.1, -0.05) is 45.0 Å². The zero-order valence-corrected chi connectivity index (χ0v) is 17.4. The summed E-state index contributed by atoms with van der Waals surface area (Å²) < 4.78 is 5.67. The topological polar surface area (TPSA) is 82.1 Å². The molecule has 0 saturated carbocycles. The van der Waals surface area contributed by atoms with Gasteiger partial charge in [-0.25, -0.2) is 4.79 Å². The van der Waals surface area contributed by atoms with Gasteiger partial charge in [0.05, 0.1) is 19.3 Å². The van der Waals surface area contributed by atoms with Crippen LogP contribution in [0.4, 0.5) is 4.79 Å². The highest BCUT2D eigenvalue weighted by Crippen LogP contribution is 2.22. The Bertz CT molecular complexity index is 655. The minimum absolute atomic E-state index is 0.0416. The van der Waals surface area contributed by atoms with Crippen LogP contribution in [0.25, 0.3) is 0 Å². The number of carboxylic acid groups (broad SMARTS) is 1. The second-order valence-corrected chi connectivity index (χ2v) is 8.46. The molecule has 1 fully saturated rings. The predicted octanol–water partition coefficient (Wildman–Crippen LogP) is 1.95. The number of carboxylic acids is 1. The molecule has 2 rings (SSSR count). The summed E-state index contributed by atoms with van der Waals surface area (Å²) in [6.07, 6.45) is 0.611. The van der Waals surface area contributed by atoms with Crippen molar-refractivity contribution in [3.63, 3.8) is 0 Å². The van der Waals surface area contributed by atoms with Gasteiger partial charge in [0.1, 0.15) is 0 Å². The van der Waals surface area contributed by atoms with Crippen molar-refractivity contribution < 1.29 is 19.4 Å². The van der Waals surface area contributed by atoms with E-state index in [1.165, 1.54) is 11.1 Å². The van der Waals surface area contributed by atoms with Crippen molar-refractivity contribution in [2.24, 2.45) is 0 Å². The van der Waals surface area contributed by atoms with Gasteiger partial charge in [0.25, 0.3) is 0 Å². The van der Waals surface area contributed by atoms with E-state index in [2.05, 4.69) is 50.4 Å². The van der Waals surface area contributed by atoms with Crippen LogP contribution in [0, 0.1) is 0 Å². The number of nitrogens with zero attached hydrogens (tertiary/aromatic N) is 2. The minimum Gasteiger partial charge on any atom is -0.480 e. The van der Waals surface area contributed by atoms with Gasteiger partial charge in [-0.15, -0.1) is 0 Å². The smallest absolute Gasteiger partial charge is 0.317 e. The van der Waals surface area contributed by atoms with Crippen molar-refractivity contribution in [2.45, 2.75) is 38.7 Å². The number of hydrogen-bond donors (Lipinski definition) is 2. The third kappa shape index (κ3) is 7.13. The number of urea groups is 1. The first-order valence-corrected chi connectivity index (χ1v) is 9.79. The van der Waals surface area contributed by atoms with Gasteiger partial charge in [-0.2, -0.15) is 0 Å². The van der Waals surface area contributed by atoms with Gasteiger partial charge in [-0.3, -0.25) is 9.69 Å². The number of rotatable bonds is 7. The number of nitrogens with one attached hydrogen (secondary N) is 1. The van der Waals surface area contributed by atoms with Gasteiger partial charge in [0.15, 0.2) is 0 Å². The molecule has 0 spiro atoms. The molecule has 2 amide bonds. The summed E-state index contributed by atoms with van der Waals surface area (Å²) in [5, 5.41) is 11.8. The lowest BCUT2D eigenvalue weighted by molar-refractivity contribution is -0.138. The number of morpholine rings is 1. The Balaban J connectivity index is 1.75. The lowest BCUT2D eigenvalue weighted by Crippen LogP contribution is -2.52. The third-order valence-corrected chi connectivity index (χ3v) is 4.86. The summed E-state index contributed by atoms with van der Waals surface area (Å²) in [5.41, 5.74) is 2.63. The number of carbonyl (C=O) groups excluding carboxylic acids is 1. The predicted molar refractivity (Wildman–Crippen MR) is 109 cm³/mol. The molecule has 7 nitrogen and oxygen atoms in total. The first-order valence-electron chi connectivity index (χ1n) is 9.79. The van der Waals surface area contributed by atoms with Gasteiger partial charge in [0, 0.05) is 26.2 Å². The van der Waals surface area contributed by atoms with Crippen molar-refractivity contribution in [2.75, 3.05) is 46.4 Å². The maximum atomic E-state index is 12.4. The van der Waals surface area contributed by atoms with E-state index in [1.54, 1.807) is 16.8 Å². The molecule has 28 heavy (non-hydrogen) atoms. The Morgan fingerprint density at radius 2 is 1.96 bits per heavy atom. The molecule has 0 aliphatic carbocycles. The summed E-state index contributed by atoms with van der Waals surface area (Å²) in [5.74, 6) is -0.872. The summed E-state index contributed by atoms with van der Waals surface area (Å²) >= 11 is 0. The van der Waals surface area contributed by atoms with Gasteiger partial charge < -0.3 is 20.1 Å². The highest BCUT2D eigenvalue weighted by molar-refractivity contribution is 5.74. The van der Waals surface area contributed by atoms with Crippen molar-refractivity contribution in [3.05, 3.63) is 35.4 Å². The van der Waals surface area contributed by atoms with Crippen molar-refractivity contribution in [3.8, 4) is 0 Å². The van der Waals surface area contributed by atoms with E-state index in [0.29, 0.717) is 32.8 Å². The summed E-state index contributed by atoms with van der Waals surface area (Å²) in [6.45, 7) is 9.07. The average Bonchev–Trinajstić information content (AvgIpc) is 2.60. The number of hydrogen-bond acceptors (Lipinski definition) is 4. The lowest BCUT2D eigenvalue weighted by Gasteiger charge is -2.34. The molecule has 1 aliphatic rings. The van der Waals surface area contributed by atoms with E-state index in [1.807, 2.05) is 0 Å². The number of amides is 2. The standard InChI is InChI=1S/C21H33N3O4/c1-21(2,3)17-7-5-16(6-8-17)9-10-22-20(27)24-11-12-28-18(14-24)13-23(4)15-19(25)26/h5-8,18H,9-15H2,1-4H3,(H,22,27)(H,25,26). The Labute approximate surface area is 167 Å². The lowest BCUT2D eigenvalue weighted by atomic mass is 9.86. The van der Waals surface area contributed by atoms with Gasteiger partial charge in [-0.05, 0) is 30.0 Å². The normalized spacial score (nSPS) is 17.6. The number of likely N-dealkylation sites (N-methyl/N-ethyl adjacent to an activating group) is 1. The van der Waals surface area contributed by atoms with Crippen LogP contribution in [0.5, 0.6) is 0 Å². The van der Waals surface area contributed by atoms with E-state index in [0.717, 1.165) is 6.42 Å². The molecule has 1 heterocycles. The number of benzene rings is 1. The molecule has 1 atom stereocenters. The third-order valence-electron chi connectivity index (χ3n) is 4.86. The Kier molecular flexibility index (Phi) is 7.83. The van der Waals surface area contributed by atoms with Crippen LogP contribution in [-0.2, 0) is 21.4 Å². The monoisotopic (exact) mass is 391 g/mol. The summed E-state index contributed by atoms with van der Waals surface area (Å²) in [4.78, 5) is 26.6. The highest BCUT2D eigenvalue weighted by atomic mass is 16.5. The second kappa shape index (κ2) is 9.89. The Morgan fingerprint density at radius 1 is 1.29 bits per heavy atom. The molecular formula is C21H33N3O4. The molecule has 0 radical (unpaired) electrons. The molecule has 1 aromatic rings. The molecule has 156 valence electrons. The van der Waals surface area contributed by atoms with E-state index < -0.39 is 5.97 Å². The summed E-state index contributed by atoms with van der Waals surface area (Å²) in [7, 11) is 1.74. The Morgan fingerprint density at radius 3 is 2.57 bits per heavy atom. The number of aliphatic carboxylic acids is 1. The number of carbonyl (C=O) groups is 2. The van der Waals surface area contributed by atoms with E-state index >= 15 is 0 Å². The average molecular weight is 392 g/mol. The van der Waals surface area contributed by atoms with E-state index in [-0.39, 0.29) is 24.1 Å². The minimum atomic E-state index is -0.872. The second-order valence-electron chi connectivity index (χ2n) is 8.46. The van der Waals surface area contributed by atoms with E-state index in [4.69, 9.17) is 9.84 Å². The zero-order valence-electron chi connectivity index (χ0n) is 17.4. The van der Waals surface area contributed by atoms with Crippen molar-refractivity contribution in [1.82, 2.24) is 15.1 Å². The molecule has 1 aliphatic heterocycles. The van der Waals surface area contributed by atoms with Crippen LogP contribution in [0.3, 0.4) is 0 Å². The van der Waals surface area contributed by atoms with Crippen LogP contribution in [0.2, 0.25) is 0 Å². The van der Waals surface area contributed by atoms with Gasteiger partial charge in [0.2, 0.25) is 0 Å². The van der Waals surface area contributed by atoms with Gasteiger partial charge >= 0.3 is 12.0 Å². The van der Waals surface area contributed by atoms with E-state index in [9.17, 15) is 9.59 Å². The first-order chi connectivity index (χ1) is 13.1. The van der Waals surface area contributed by atoms with Crippen LogP contribution < -0.4 is 5.32 Å². The maximum Gasteiger partial charge on any atom is 0.317 e. The zero-order chi connectivity index (χ0) is 20.7. The quantitative estimate of drug-likeness (QED) is 0.742. The Hall–Kier alpha value is -2.12. The maximum absolute atomic E-state index is 12.4. The highest BCUT2D eigenvalue weighted by Gasteiger charge is 2.25. The molecule has 0 aromatic heterocycles. The largest absolute Gasteiger partial charge is 0.480 e. The van der Waals surface area contributed by atoms with Crippen LogP contribution in [0.1, 0.15) is 31.9 Å². The molecule has 1 aromatic carbocycles. The van der Waals surface area contributed by atoms with Crippen LogP contribution in [-0.4, -0.2) is 79.4 Å². The first kappa shape index (κ1) is 22.2. The molecular weight excluding hydrogens is 358 g/mol. The fraction of sp³-hybridized carbons (Fsp3) is 0.619. The SMILES string of the molecule is CN(CC(=O)O)CC1CN(C(=O)NCCc2ccc(C(C)(C)C)cc2)CCO1. The molecule has 7 heteroatoms. The molecule has 1 unspecified atom stereocenters. The van der Waals surface area contributed by atoms with Crippen LogP contribution in [0.15, 0.2) is 24.3 Å². The molecule has 1 saturated heterocycles. The van der Waals surface area contributed by atoms with Crippen LogP contribution >= 0.6 is 0 Å². The fourth-order valence-corrected chi connectivity index (χ4v) is 3.25. The summed E-state index contributed by atoms with van der Waals surface area (Å²) in [6, 6.07) is 8.45. The molecule has 0 bridgehead atoms.